The lowest BCUT2D eigenvalue weighted by molar-refractivity contribution is -0.152. The second-order valence-corrected chi connectivity index (χ2v) is 4.16. The first-order chi connectivity index (χ1) is 6.56. The highest BCUT2D eigenvalue weighted by atomic mass is 16.7. The summed E-state index contributed by atoms with van der Waals surface area (Å²) in [6, 6.07) is 0. The van der Waals surface area contributed by atoms with Gasteiger partial charge < -0.3 is 9.47 Å². The van der Waals surface area contributed by atoms with E-state index in [0.717, 1.165) is 12.8 Å². The van der Waals surface area contributed by atoms with Gasteiger partial charge in [-0.15, -0.1) is 6.58 Å². The minimum absolute atomic E-state index is 0.0618. The van der Waals surface area contributed by atoms with Gasteiger partial charge in [-0.05, 0) is 27.2 Å². The van der Waals surface area contributed by atoms with E-state index in [0.29, 0.717) is 6.61 Å². The lowest BCUT2D eigenvalue weighted by Crippen LogP contribution is -2.25. The molecule has 2 atom stereocenters. The van der Waals surface area contributed by atoms with Crippen LogP contribution in [0.4, 0.5) is 0 Å². The Labute approximate surface area is 86.6 Å². The summed E-state index contributed by atoms with van der Waals surface area (Å²) in [5, 5.41) is 0. The predicted octanol–water partition coefficient (Wildman–Crippen LogP) is 3.05. The molecule has 14 heavy (non-hydrogen) atoms. The molecule has 2 heteroatoms. The van der Waals surface area contributed by atoms with E-state index in [1.807, 2.05) is 6.92 Å². The van der Waals surface area contributed by atoms with Crippen LogP contribution in [-0.2, 0) is 9.47 Å². The molecule has 0 amide bonds. The summed E-state index contributed by atoms with van der Waals surface area (Å²) >= 11 is 0. The van der Waals surface area contributed by atoms with E-state index in [2.05, 4.69) is 26.5 Å². The molecule has 1 saturated heterocycles. The van der Waals surface area contributed by atoms with Crippen LogP contribution in [-0.4, -0.2) is 18.5 Å². The van der Waals surface area contributed by atoms with Crippen LogP contribution in [0.5, 0.6) is 0 Å². The van der Waals surface area contributed by atoms with Gasteiger partial charge in [0.25, 0.3) is 0 Å². The molecule has 2 nitrogen and oxygen atoms in total. The molecule has 0 spiro atoms. The zero-order valence-electron chi connectivity index (χ0n) is 9.38. The van der Waals surface area contributed by atoms with E-state index in [1.165, 1.54) is 5.57 Å². The molecule has 0 aliphatic carbocycles. The molecule has 0 bridgehead atoms. The number of rotatable bonds is 4. The Morgan fingerprint density at radius 1 is 1.57 bits per heavy atom. The van der Waals surface area contributed by atoms with Crippen molar-refractivity contribution in [2.75, 3.05) is 6.61 Å². The fourth-order valence-electron chi connectivity index (χ4n) is 1.52. The van der Waals surface area contributed by atoms with Crippen molar-refractivity contribution in [2.24, 2.45) is 0 Å². The van der Waals surface area contributed by atoms with E-state index >= 15 is 0 Å². The van der Waals surface area contributed by atoms with Crippen LogP contribution in [0, 0.1) is 0 Å². The average Bonchev–Trinajstić information content (AvgIpc) is 2.47. The molecular weight excluding hydrogens is 176 g/mol. The highest BCUT2D eigenvalue weighted by molar-refractivity contribution is 4.94. The number of hydrogen-bond donors (Lipinski definition) is 0. The van der Waals surface area contributed by atoms with Gasteiger partial charge in [-0.3, -0.25) is 0 Å². The summed E-state index contributed by atoms with van der Waals surface area (Å²) in [5.74, 6) is -0.412. The van der Waals surface area contributed by atoms with Gasteiger partial charge >= 0.3 is 0 Å². The van der Waals surface area contributed by atoms with Crippen molar-refractivity contribution in [3.63, 3.8) is 0 Å². The molecule has 1 fully saturated rings. The van der Waals surface area contributed by atoms with Crippen LogP contribution in [0.2, 0.25) is 0 Å². The molecule has 0 aromatic rings. The number of allylic oxidation sites excluding steroid dienone is 2. The van der Waals surface area contributed by atoms with E-state index in [1.54, 1.807) is 6.08 Å². The van der Waals surface area contributed by atoms with Crippen LogP contribution in [0.1, 0.15) is 33.6 Å². The molecule has 0 saturated carbocycles. The Balaban J connectivity index is 2.37. The molecule has 1 heterocycles. The van der Waals surface area contributed by atoms with Crippen molar-refractivity contribution in [3.05, 3.63) is 24.3 Å². The van der Waals surface area contributed by atoms with Crippen molar-refractivity contribution in [1.29, 1.82) is 0 Å². The van der Waals surface area contributed by atoms with Crippen molar-refractivity contribution in [2.45, 2.75) is 45.5 Å². The minimum Gasteiger partial charge on any atom is -0.347 e. The first-order valence-electron chi connectivity index (χ1n) is 5.13. The zero-order valence-corrected chi connectivity index (χ0v) is 9.38. The molecule has 1 aliphatic rings. The summed E-state index contributed by atoms with van der Waals surface area (Å²) in [6.07, 6.45) is 5.98. The van der Waals surface area contributed by atoms with Crippen LogP contribution >= 0.6 is 0 Å². The third-order valence-electron chi connectivity index (χ3n) is 2.37. The maximum Gasteiger partial charge on any atom is 0.166 e. The normalized spacial score (nSPS) is 31.5. The summed E-state index contributed by atoms with van der Waals surface area (Å²) < 4.78 is 11.3. The third kappa shape index (κ3) is 3.28. The van der Waals surface area contributed by atoms with Crippen LogP contribution < -0.4 is 0 Å². The number of hydrogen-bond acceptors (Lipinski definition) is 2. The summed E-state index contributed by atoms with van der Waals surface area (Å²) in [5.41, 5.74) is 1.34. The molecule has 0 aromatic carbocycles. The highest BCUT2D eigenvalue weighted by Gasteiger charge is 2.34. The zero-order chi connectivity index (χ0) is 10.6. The molecule has 1 rings (SSSR count). The Bertz CT molecular complexity index is 228. The first-order valence-corrected chi connectivity index (χ1v) is 5.13. The van der Waals surface area contributed by atoms with Crippen LogP contribution in [0.25, 0.3) is 0 Å². The average molecular weight is 196 g/mol. The van der Waals surface area contributed by atoms with Crippen LogP contribution in [0.3, 0.4) is 0 Å². The maximum absolute atomic E-state index is 5.71. The third-order valence-corrected chi connectivity index (χ3v) is 2.37. The van der Waals surface area contributed by atoms with E-state index in [9.17, 15) is 0 Å². The van der Waals surface area contributed by atoms with Crippen molar-refractivity contribution >= 4 is 0 Å². The van der Waals surface area contributed by atoms with Gasteiger partial charge in [0.05, 0.1) is 6.61 Å². The largest absolute Gasteiger partial charge is 0.347 e. The van der Waals surface area contributed by atoms with Gasteiger partial charge in [-0.25, -0.2) is 0 Å². The molecule has 0 radical (unpaired) electrons. The van der Waals surface area contributed by atoms with Gasteiger partial charge in [0, 0.05) is 6.42 Å². The Kier molecular flexibility index (Phi) is 3.90. The molecule has 1 aliphatic heterocycles. The second kappa shape index (κ2) is 4.76. The lowest BCUT2D eigenvalue weighted by atomic mass is 10.1. The lowest BCUT2D eigenvalue weighted by Gasteiger charge is -2.22. The first kappa shape index (κ1) is 11.5. The van der Waals surface area contributed by atoms with Crippen molar-refractivity contribution in [3.8, 4) is 0 Å². The van der Waals surface area contributed by atoms with E-state index in [4.69, 9.17) is 9.47 Å². The Morgan fingerprint density at radius 2 is 2.29 bits per heavy atom. The van der Waals surface area contributed by atoms with Gasteiger partial charge in [0.1, 0.15) is 6.10 Å². The molecular formula is C12H20O2. The SMILES string of the molecule is C=CC1COC(C)(CCC=C(C)C)O1. The summed E-state index contributed by atoms with van der Waals surface area (Å²) in [4.78, 5) is 0. The maximum atomic E-state index is 5.71. The quantitative estimate of drug-likeness (QED) is 0.643. The fourth-order valence-corrected chi connectivity index (χ4v) is 1.52. The second-order valence-electron chi connectivity index (χ2n) is 4.16. The monoisotopic (exact) mass is 196 g/mol. The Hall–Kier alpha value is -0.600. The standard InChI is InChI=1S/C12H20O2/c1-5-11-9-13-12(4,14-11)8-6-7-10(2)3/h5,7,11H,1,6,8-9H2,2-4H3. The molecule has 80 valence electrons. The predicted molar refractivity (Wildman–Crippen MR) is 58.1 cm³/mol. The smallest absolute Gasteiger partial charge is 0.166 e. The van der Waals surface area contributed by atoms with E-state index < -0.39 is 5.79 Å². The molecule has 0 aromatic heterocycles. The molecule has 2 unspecified atom stereocenters. The topological polar surface area (TPSA) is 18.5 Å². The minimum atomic E-state index is -0.412. The van der Waals surface area contributed by atoms with Gasteiger partial charge in [-0.1, -0.05) is 17.7 Å². The number of ether oxygens (including phenoxy) is 2. The van der Waals surface area contributed by atoms with Crippen molar-refractivity contribution in [1.82, 2.24) is 0 Å². The summed E-state index contributed by atoms with van der Waals surface area (Å²) in [6.45, 7) is 10.5. The molecule has 0 N–H and O–H groups in total. The fraction of sp³-hybridized carbons (Fsp3) is 0.667. The Morgan fingerprint density at radius 3 is 2.79 bits per heavy atom. The van der Waals surface area contributed by atoms with Gasteiger partial charge in [0.15, 0.2) is 5.79 Å². The highest BCUT2D eigenvalue weighted by Crippen LogP contribution is 2.28. The van der Waals surface area contributed by atoms with Crippen LogP contribution in [0.15, 0.2) is 24.3 Å². The summed E-state index contributed by atoms with van der Waals surface area (Å²) in [7, 11) is 0. The van der Waals surface area contributed by atoms with Gasteiger partial charge in [-0.2, -0.15) is 0 Å². The van der Waals surface area contributed by atoms with Crippen molar-refractivity contribution < 1.29 is 9.47 Å². The van der Waals surface area contributed by atoms with Gasteiger partial charge in [0.2, 0.25) is 0 Å². The van der Waals surface area contributed by atoms with E-state index in [-0.39, 0.29) is 6.10 Å².